The van der Waals surface area contributed by atoms with Crippen molar-refractivity contribution in [2.24, 2.45) is 0 Å². The summed E-state index contributed by atoms with van der Waals surface area (Å²) in [6.45, 7) is 1.16. The molecule has 1 aromatic carbocycles. The van der Waals surface area contributed by atoms with Gasteiger partial charge in [0.1, 0.15) is 0 Å². The molecule has 0 fully saturated rings. The van der Waals surface area contributed by atoms with Crippen molar-refractivity contribution >= 4 is 28.9 Å². The van der Waals surface area contributed by atoms with Crippen LogP contribution >= 0.6 is 23.2 Å². The van der Waals surface area contributed by atoms with Crippen molar-refractivity contribution in [3.63, 3.8) is 0 Å². The summed E-state index contributed by atoms with van der Waals surface area (Å²) in [5.74, 6) is 0. The van der Waals surface area contributed by atoms with Gasteiger partial charge in [0.05, 0.1) is 35.0 Å². The van der Waals surface area contributed by atoms with E-state index in [9.17, 15) is 0 Å². The molecule has 1 aromatic rings. The summed E-state index contributed by atoms with van der Waals surface area (Å²) in [7, 11) is 0. The predicted octanol–water partition coefficient (Wildman–Crippen LogP) is 3.63. The van der Waals surface area contributed by atoms with Gasteiger partial charge >= 0.3 is 0 Å². The van der Waals surface area contributed by atoms with Gasteiger partial charge in [-0.2, -0.15) is 10.5 Å². The van der Waals surface area contributed by atoms with Gasteiger partial charge in [0.15, 0.2) is 0 Å². The van der Waals surface area contributed by atoms with Crippen molar-refractivity contribution in [2.75, 3.05) is 18.0 Å². The summed E-state index contributed by atoms with van der Waals surface area (Å²) in [5, 5.41) is 18.2. The second kappa shape index (κ2) is 7.01. The molecule has 0 heterocycles. The zero-order chi connectivity index (χ0) is 12.7. The van der Waals surface area contributed by atoms with E-state index in [-0.39, 0.29) is 0 Å². The number of rotatable bonds is 5. The molecule has 0 radical (unpaired) electrons. The maximum Gasteiger partial charge on any atom is 0.0640 e. The van der Waals surface area contributed by atoms with Crippen molar-refractivity contribution in [1.29, 1.82) is 10.5 Å². The maximum absolute atomic E-state index is 8.60. The standard InChI is InChI=1S/C12H11Cl2N3/c13-11-4-3-10(9-12(11)14)17(7-1-5-15)8-2-6-16/h3-4,9H,1-2,7-8H2. The quantitative estimate of drug-likeness (QED) is 0.819. The second-order valence-electron chi connectivity index (χ2n) is 3.40. The molecule has 0 aliphatic carbocycles. The largest absolute Gasteiger partial charge is 0.369 e. The van der Waals surface area contributed by atoms with Crippen LogP contribution < -0.4 is 4.90 Å². The molecule has 0 atom stereocenters. The molecular weight excluding hydrogens is 257 g/mol. The molecule has 3 nitrogen and oxygen atoms in total. The Morgan fingerprint density at radius 3 is 2.06 bits per heavy atom. The Balaban J connectivity index is 2.84. The first-order valence-corrected chi connectivity index (χ1v) is 5.88. The van der Waals surface area contributed by atoms with Gasteiger partial charge in [-0.05, 0) is 18.2 Å². The van der Waals surface area contributed by atoms with Crippen molar-refractivity contribution in [3.05, 3.63) is 28.2 Å². The van der Waals surface area contributed by atoms with E-state index in [1.54, 1.807) is 12.1 Å². The molecular formula is C12H11Cl2N3. The van der Waals surface area contributed by atoms with E-state index < -0.39 is 0 Å². The third-order valence-electron chi connectivity index (χ3n) is 2.26. The van der Waals surface area contributed by atoms with Crippen LogP contribution in [0.3, 0.4) is 0 Å². The van der Waals surface area contributed by atoms with Crippen LogP contribution in [0.2, 0.25) is 10.0 Å². The van der Waals surface area contributed by atoms with Gasteiger partial charge < -0.3 is 4.90 Å². The first kappa shape index (κ1) is 13.6. The third-order valence-corrected chi connectivity index (χ3v) is 2.99. The minimum Gasteiger partial charge on any atom is -0.369 e. The number of hydrogen-bond donors (Lipinski definition) is 0. The Morgan fingerprint density at radius 1 is 1.00 bits per heavy atom. The first-order chi connectivity index (χ1) is 8.19. The Labute approximate surface area is 111 Å². The molecule has 88 valence electrons. The normalized spacial score (nSPS) is 9.41. The average Bonchev–Trinajstić information content (AvgIpc) is 2.33. The predicted molar refractivity (Wildman–Crippen MR) is 69.1 cm³/mol. The van der Waals surface area contributed by atoms with E-state index in [2.05, 4.69) is 12.1 Å². The zero-order valence-corrected chi connectivity index (χ0v) is 10.7. The SMILES string of the molecule is N#CCCN(CCC#N)c1ccc(Cl)c(Cl)c1. The summed E-state index contributed by atoms with van der Waals surface area (Å²) in [6.07, 6.45) is 0.817. The summed E-state index contributed by atoms with van der Waals surface area (Å²) >= 11 is 11.8. The third kappa shape index (κ3) is 4.15. The van der Waals surface area contributed by atoms with Crippen LogP contribution in [0.5, 0.6) is 0 Å². The van der Waals surface area contributed by atoms with E-state index in [0.29, 0.717) is 36.0 Å². The lowest BCUT2D eigenvalue weighted by atomic mass is 10.2. The van der Waals surface area contributed by atoms with Gasteiger partial charge in [0.2, 0.25) is 0 Å². The van der Waals surface area contributed by atoms with Gasteiger partial charge in [-0.15, -0.1) is 0 Å². The Kier molecular flexibility index (Phi) is 5.63. The number of nitriles is 2. The number of benzene rings is 1. The van der Waals surface area contributed by atoms with E-state index >= 15 is 0 Å². The highest BCUT2D eigenvalue weighted by Crippen LogP contribution is 2.27. The van der Waals surface area contributed by atoms with Gasteiger partial charge in [-0.25, -0.2) is 0 Å². The fraction of sp³-hybridized carbons (Fsp3) is 0.333. The number of halogens is 2. The van der Waals surface area contributed by atoms with Gasteiger partial charge in [0.25, 0.3) is 0 Å². The highest BCUT2D eigenvalue weighted by Gasteiger charge is 2.08. The lowest BCUT2D eigenvalue weighted by Gasteiger charge is -2.22. The van der Waals surface area contributed by atoms with Gasteiger partial charge in [0, 0.05) is 18.8 Å². The van der Waals surface area contributed by atoms with E-state index in [4.69, 9.17) is 33.7 Å². The minimum absolute atomic E-state index is 0.408. The van der Waals surface area contributed by atoms with Crippen molar-refractivity contribution in [1.82, 2.24) is 0 Å². The molecule has 5 heteroatoms. The topological polar surface area (TPSA) is 50.8 Å². The fourth-order valence-corrected chi connectivity index (χ4v) is 1.71. The van der Waals surface area contributed by atoms with Crippen LogP contribution in [-0.4, -0.2) is 13.1 Å². The molecule has 0 unspecified atom stereocenters. The minimum atomic E-state index is 0.408. The van der Waals surface area contributed by atoms with Crippen molar-refractivity contribution in [2.45, 2.75) is 12.8 Å². The molecule has 0 aliphatic rings. The van der Waals surface area contributed by atoms with Crippen LogP contribution in [0.4, 0.5) is 5.69 Å². The maximum atomic E-state index is 8.60. The van der Waals surface area contributed by atoms with Crippen LogP contribution in [0.25, 0.3) is 0 Å². The first-order valence-electron chi connectivity index (χ1n) is 5.13. The van der Waals surface area contributed by atoms with E-state index in [0.717, 1.165) is 5.69 Å². The lowest BCUT2D eigenvalue weighted by molar-refractivity contribution is 0.796. The molecule has 0 saturated heterocycles. The summed E-state index contributed by atoms with van der Waals surface area (Å²) in [4.78, 5) is 1.95. The van der Waals surface area contributed by atoms with Gasteiger partial charge in [-0.3, -0.25) is 0 Å². The van der Waals surface area contributed by atoms with E-state index in [1.807, 2.05) is 11.0 Å². The van der Waals surface area contributed by atoms with Crippen LogP contribution in [0, 0.1) is 22.7 Å². The summed E-state index contributed by atoms with van der Waals surface area (Å²) < 4.78 is 0. The molecule has 0 saturated carbocycles. The summed E-state index contributed by atoms with van der Waals surface area (Å²) in [5.41, 5.74) is 0.880. The monoisotopic (exact) mass is 267 g/mol. The number of anilines is 1. The Bertz CT molecular complexity index is 442. The number of hydrogen-bond acceptors (Lipinski definition) is 3. The molecule has 0 amide bonds. The smallest absolute Gasteiger partial charge is 0.0640 e. The molecule has 0 spiro atoms. The highest BCUT2D eigenvalue weighted by atomic mass is 35.5. The van der Waals surface area contributed by atoms with Crippen molar-refractivity contribution in [3.8, 4) is 12.1 Å². The molecule has 1 rings (SSSR count). The lowest BCUT2D eigenvalue weighted by Crippen LogP contribution is -2.25. The molecule has 0 aromatic heterocycles. The van der Waals surface area contributed by atoms with Crippen LogP contribution in [0.1, 0.15) is 12.8 Å². The van der Waals surface area contributed by atoms with E-state index in [1.165, 1.54) is 0 Å². The molecule has 17 heavy (non-hydrogen) atoms. The second-order valence-corrected chi connectivity index (χ2v) is 4.22. The average molecular weight is 268 g/mol. The van der Waals surface area contributed by atoms with Gasteiger partial charge in [-0.1, -0.05) is 23.2 Å². The Hall–Kier alpha value is -1.42. The fourth-order valence-electron chi connectivity index (χ4n) is 1.42. The van der Waals surface area contributed by atoms with Crippen molar-refractivity contribution < 1.29 is 0 Å². The molecule has 0 N–H and O–H groups in total. The number of nitrogens with zero attached hydrogens (tertiary/aromatic N) is 3. The Morgan fingerprint density at radius 2 is 1.59 bits per heavy atom. The summed E-state index contributed by atoms with van der Waals surface area (Å²) in [6, 6.07) is 9.47. The highest BCUT2D eigenvalue weighted by molar-refractivity contribution is 6.42. The van der Waals surface area contributed by atoms with Crippen LogP contribution in [-0.2, 0) is 0 Å². The molecule has 0 bridgehead atoms. The molecule has 0 aliphatic heterocycles. The van der Waals surface area contributed by atoms with Crippen LogP contribution in [0.15, 0.2) is 18.2 Å². The zero-order valence-electron chi connectivity index (χ0n) is 9.16.